The lowest BCUT2D eigenvalue weighted by molar-refractivity contribution is -0.682. The van der Waals surface area contributed by atoms with Crippen LogP contribution in [0.1, 0.15) is 50.6 Å². The lowest BCUT2D eigenvalue weighted by Crippen LogP contribution is -2.87. The van der Waals surface area contributed by atoms with Gasteiger partial charge in [0.2, 0.25) is 0 Å². The first-order valence-electron chi connectivity index (χ1n) is 9.07. The summed E-state index contributed by atoms with van der Waals surface area (Å²) in [6.45, 7) is 1.66. The molecular weight excluding hydrogens is 358 g/mol. The molecular formula is C18H23F2N4O3+. The van der Waals surface area contributed by atoms with Gasteiger partial charge < -0.3 is 10.6 Å². The number of rotatable bonds is 5. The van der Waals surface area contributed by atoms with Crippen molar-refractivity contribution in [2.45, 2.75) is 50.6 Å². The molecule has 1 aliphatic heterocycles. The minimum absolute atomic E-state index is 0.0791. The van der Waals surface area contributed by atoms with Gasteiger partial charge in [0, 0.05) is 5.56 Å². The molecule has 4 N–H and O–H groups in total. The van der Waals surface area contributed by atoms with Crippen LogP contribution in [-0.4, -0.2) is 34.9 Å². The summed E-state index contributed by atoms with van der Waals surface area (Å²) in [4.78, 5) is 36.9. The molecule has 3 rings (SSSR count). The third-order valence-electron chi connectivity index (χ3n) is 5.23. The van der Waals surface area contributed by atoms with E-state index in [4.69, 9.17) is 0 Å². The molecule has 1 atom stereocenters. The Bertz CT molecular complexity index is 765. The van der Waals surface area contributed by atoms with Gasteiger partial charge in [0.1, 0.15) is 11.6 Å². The zero-order valence-corrected chi connectivity index (χ0v) is 15.1. The fraction of sp³-hybridized carbons (Fsp3) is 0.500. The maximum Gasteiger partial charge on any atom is 0.344 e. The summed E-state index contributed by atoms with van der Waals surface area (Å²) in [6.07, 6.45) is 3.88. The number of amides is 4. The Labute approximate surface area is 155 Å². The number of urea groups is 1. The second-order valence-electron chi connectivity index (χ2n) is 7.15. The van der Waals surface area contributed by atoms with Crippen LogP contribution in [0.25, 0.3) is 0 Å². The van der Waals surface area contributed by atoms with Gasteiger partial charge in [0.15, 0.2) is 18.2 Å². The first kappa shape index (κ1) is 19.2. The van der Waals surface area contributed by atoms with Crippen molar-refractivity contribution in [3.8, 4) is 0 Å². The molecule has 1 heterocycles. The van der Waals surface area contributed by atoms with Crippen LogP contribution in [-0.2, 0) is 9.59 Å². The molecule has 1 aliphatic carbocycles. The van der Waals surface area contributed by atoms with Crippen molar-refractivity contribution in [2.24, 2.45) is 0 Å². The Kier molecular flexibility index (Phi) is 5.41. The monoisotopic (exact) mass is 381 g/mol. The van der Waals surface area contributed by atoms with Crippen molar-refractivity contribution in [1.82, 2.24) is 15.8 Å². The average Bonchev–Trinajstić information content (AvgIpc) is 2.86. The van der Waals surface area contributed by atoms with Gasteiger partial charge in [-0.25, -0.2) is 13.6 Å². The first-order chi connectivity index (χ1) is 12.8. The highest BCUT2D eigenvalue weighted by Crippen LogP contribution is 2.32. The summed E-state index contributed by atoms with van der Waals surface area (Å²) in [6, 6.07) is 2.63. The van der Waals surface area contributed by atoms with E-state index >= 15 is 0 Å². The highest BCUT2D eigenvalue weighted by molar-refractivity contribution is 6.08. The van der Waals surface area contributed by atoms with Crippen LogP contribution in [0.15, 0.2) is 18.2 Å². The van der Waals surface area contributed by atoms with E-state index in [9.17, 15) is 23.2 Å². The fourth-order valence-corrected chi connectivity index (χ4v) is 3.60. The number of nitrogens with one attached hydrogen (secondary N) is 2. The van der Waals surface area contributed by atoms with Gasteiger partial charge in [-0.3, -0.25) is 15.0 Å². The molecule has 1 aromatic rings. The molecule has 2 fully saturated rings. The topological polar surface area (TPSA) is 95.1 Å². The molecule has 0 radical (unpaired) electrons. The minimum atomic E-state index is -0.950. The molecule has 2 aliphatic rings. The van der Waals surface area contributed by atoms with Crippen LogP contribution in [0.3, 0.4) is 0 Å². The van der Waals surface area contributed by atoms with Crippen molar-refractivity contribution in [3.05, 3.63) is 35.4 Å². The molecule has 146 valence electrons. The van der Waals surface area contributed by atoms with Gasteiger partial charge >= 0.3 is 6.03 Å². The Morgan fingerprint density at radius 2 is 1.96 bits per heavy atom. The summed E-state index contributed by atoms with van der Waals surface area (Å²) in [5, 5.41) is 5.07. The quantitative estimate of drug-likeness (QED) is 0.661. The Hall–Kier alpha value is -2.55. The van der Waals surface area contributed by atoms with Gasteiger partial charge in [0.25, 0.3) is 11.8 Å². The van der Waals surface area contributed by atoms with E-state index in [0.717, 1.165) is 36.4 Å². The minimum Gasteiger partial charge on any atom is -0.332 e. The summed E-state index contributed by atoms with van der Waals surface area (Å²) >= 11 is 0. The zero-order valence-electron chi connectivity index (χ0n) is 15.1. The van der Waals surface area contributed by atoms with Gasteiger partial charge in [-0.1, -0.05) is 19.3 Å². The molecule has 0 aromatic heterocycles. The van der Waals surface area contributed by atoms with Crippen LogP contribution in [0, 0.1) is 11.6 Å². The molecule has 9 heteroatoms. The van der Waals surface area contributed by atoms with Crippen molar-refractivity contribution < 1.29 is 28.5 Å². The predicted octanol–water partition coefficient (Wildman–Crippen LogP) is 0.875. The second kappa shape index (κ2) is 7.59. The average molecular weight is 381 g/mol. The number of carbonyl (C=O) groups excluding carboxylic acids is 3. The van der Waals surface area contributed by atoms with E-state index in [-0.39, 0.29) is 12.6 Å². The number of quaternary nitrogens is 1. The maximum absolute atomic E-state index is 13.3. The number of nitrogens with zero attached hydrogens (tertiary/aromatic N) is 1. The normalized spacial score (nSPS) is 19.9. The molecule has 0 bridgehead atoms. The maximum atomic E-state index is 13.3. The number of hydrogen-bond donors (Lipinski definition) is 3. The molecule has 1 spiro atoms. The van der Waals surface area contributed by atoms with E-state index in [1.807, 2.05) is 0 Å². The highest BCUT2D eigenvalue weighted by atomic mass is 19.2. The van der Waals surface area contributed by atoms with E-state index in [1.165, 1.54) is 6.07 Å². The number of hydrazine groups is 1. The lowest BCUT2D eigenvalue weighted by Gasteiger charge is -2.30. The van der Waals surface area contributed by atoms with Crippen LogP contribution in [0.2, 0.25) is 0 Å². The standard InChI is InChI=1S/C18H22F2N4O3/c1-11(12-5-6-13(19)14(20)9-12)21-10-15(25)23-24-16(26)18(22-17(24)27)7-3-2-4-8-18/h5-6,9,11,21H,2-4,7-8,10H2,1H3,(H,22,27)(H,23,25)/p+1/t11-/m0/s1. The summed E-state index contributed by atoms with van der Waals surface area (Å²) in [5.74, 6) is -2.83. The number of nitrogens with two attached hydrogens (primary N) is 1. The molecule has 1 saturated heterocycles. The number of carbonyl (C=O) groups is 3. The van der Waals surface area contributed by atoms with Crippen LogP contribution in [0.4, 0.5) is 13.6 Å². The van der Waals surface area contributed by atoms with Crippen LogP contribution < -0.4 is 16.1 Å². The Balaban J connectivity index is 1.55. The van der Waals surface area contributed by atoms with E-state index in [2.05, 4.69) is 10.7 Å². The molecule has 4 amide bonds. The van der Waals surface area contributed by atoms with Gasteiger partial charge in [0.05, 0.1) is 0 Å². The van der Waals surface area contributed by atoms with Crippen LogP contribution >= 0.6 is 0 Å². The first-order valence-corrected chi connectivity index (χ1v) is 9.07. The van der Waals surface area contributed by atoms with Gasteiger partial charge in [-0.2, -0.15) is 5.01 Å². The lowest BCUT2D eigenvalue weighted by atomic mass is 9.82. The predicted molar refractivity (Wildman–Crippen MR) is 90.9 cm³/mol. The second-order valence-corrected chi connectivity index (χ2v) is 7.15. The summed E-state index contributed by atoms with van der Waals surface area (Å²) < 4.78 is 26.3. The zero-order chi connectivity index (χ0) is 19.6. The molecule has 1 aromatic carbocycles. The number of halogens is 2. The SMILES string of the molecule is C[C@H]([NH2+]CC(=O)NN1C(=O)NC2(CCCCC2)C1=O)c1ccc(F)c(F)c1. The Morgan fingerprint density at radius 1 is 1.26 bits per heavy atom. The molecule has 7 nitrogen and oxygen atoms in total. The number of hydrogen-bond acceptors (Lipinski definition) is 3. The third kappa shape index (κ3) is 3.92. The molecule has 1 saturated carbocycles. The third-order valence-corrected chi connectivity index (χ3v) is 5.23. The molecule has 0 unspecified atom stereocenters. The number of imide groups is 1. The van der Waals surface area contributed by atoms with E-state index in [0.29, 0.717) is 18.4 Å². The fourth-order valence-electron chi connectivity index (χ4n) is 3.60. The highest BCUT2D eigenvalue weighted by Gasteiger charge is 2.52. The van der Waals surface area contributed by atoms with Crippen molar-refractivity contribution >= 4 is 17.8 Å². The summed E-state index contributed by atoms with van der Waals surface area (Å²) in [7, 11) is 0. The van der Waals surface area contributed by atoms with Crippen LogP contribution in [0.5, 0.6) is 0 Å². The Morgan fingerprint density at radius 3 is 2.63 bits per heavy atom. The van der Waals surface area contributed by atoms with E-state index in [1.54, 1.807) is 12.2 Å². The van der Waals surface area contributed by atoms with Gasteiger partial charge in [-0.15, -0.1) is 0 Å². The van der Waals surface area contributed by atoms with Crippen molar-refractivity contribution in [2.75, 3.05) is 6.54 Å². The van der Waals surface area contributed by atoms with Crippen molar-refractivity contribution in [1.29, 1.82) is 0 Å². The van der Waals surface area contributed by atoms with Crippen molar-refractivity contribution in [3.63, 3.8) is 0 Å². The molecule has 27 heavy (non-hydrogen) atoms. The number of benzene rings is 1. The largest absolute Gasteiger partial charge is 0.344 e. The van der Waals surface area contributed by atoms with Gasteiger partial charge in [-0.05, 0) is 38.0 Å². The smallest absolute Gasteiger partial charge is 0.332 e. The van der Waals surface area contributed by atoms with E-state index < -0.39 is 35.0 Å². The summed E-state index contributed by atoms with van der Waals surface area (Å²) in [5.41, 5.74) is 1.97.